The van der Waals surface area contributed by atoms with Gasteiger partial charge in [0.15, 0.2) is 34.9 Å². The molecule has 2 aliphatic heterocycles. The molecule has 4 aromatic heterocycles. The zero-order valence-electron chi connectivity index (χ0n) is 60.6. The van der Waals surface area contributed by atoms with E-state index in [4.69, 9.17) is 29.9 Å². The number of benzene rings is 16. The molecule has 112 heavy (non-hydrogen) atoms. The van der Waals surface area contributed by atoms with Gasteiger partial charge in [0.05, 0.1) is 33.8 Å². The Bertz CT molecular complexity index is 6920. The molecule has 6 heterocycles. The molecule has 0 bridgehead atoms. The summed E-state index contributed by atoms with van der Waals surface area (Å²) >= 11 is 0. The minimum Gasteiger partial charge on any atom is -0.295 e. The number of hydrogen-bond donors (Lipinski definition) is 0. The van der Waals surface area contributed by atoms with Gasteiger partial charge >= 0.3 is 0 Å². The minimum atomic E-state index is 0.631. The van der Waals surface area contributed by atoms with Crippen LogP contribution in [0.2, 0.25) is 0 Å². The number of para-hydroxylation sites is 4. The van der Waals surface area contributed by atoms with Crippen LogP contribution in [0, 0.1) is 0 Å². The summed E-state index contributed by atoms with van der Waals surface area (Å²) in [4.78, 5) is 34.7. The number of rotatable bonds is 10. The average Bonchev–Trinajstić information content (AvgIpc) is 1.51. The number of anilines is 6. The second-order valence-corrected chi connectivity index (χ2v) is 28.2. The van der Waals surface area contributed by atoms with Gasteiger partial charge in [-0.15, -0.1) is 0 Å². The lowest BCUT2D eigenvalue weighted by Gasteiger charge is -2.26. The first-order valence-corrected chi connectivity index (χ1v) is 37.7. The predicted octanol–water partition coefficient (Wildman–Crippen LogP) is 26.2. The van der Waals surface area contributed by atoms with Gasteiger partial charge in [-0.2, -0.15) is 0 Å². The average molecular weight is 1430 g/mol. The molecular formula is C102H66N10. The van der Waals surface area contributed by atoms with Crippen LogP contribution in [0.4, 0.5) is 34.4 Å². The Balaban J connectivity index is 0.000000141. The van der Waals surface area contributed by atoms with Crippen molar-refractivity contribution in [3.63, 3.8) is 0 Å². The van der Waals surface area contributed by atoms with Crippen molar-refractivity contribution in [1.29, 1.82) is 0 Å². The Morgan fingerprint density at radius 2 is 0.527 bits per heavy atom. The largest absolute Gasteiger partial charge is 0.295 e. The van der Waals surface area contributed by atoms with Crippen LogP contribution in [0.15, 0.2) is 400 Å². The number of hydrogen-bond acceptors (Lipinski definition) is 8. The van der Waals surface area contributed by atoms with Crippen molar-refractivity contribution in [2.45, 2.75) is 0 Å². The summed E-state index contributed by atoms with van der Waals surface area (Å²) in [5, 5.41) is 7.32. The summed E-state index contributed by atoms with van der Waals surface area (Å²) < 4.78 is 4.88. The van der Waals surface area contributed by atoms with E-state index in [0.717, 1.165) is 95.7 Å². The van der Waals surface area contributed by atoms with Gasteiger partial charge in [-0.3, -0.25) is 18.9 Å². The van der Waals surface area contributed by atoms with E-state index >= 15 is 0 Å². The lowest BCUT2D eigenvalue weighted by molar-refractivity contribution is 1.07. The zero-order chi connectivity index (χ0) is 74.0. The smallest absolute Gasteiger partial charge is 0.164 e. The lowest BCUT2D eigenvalue weighted by atomic mass is 9.96. The molecule has 10 nitrogen and oxygen atoms in total. The van der Waals surface area contributed by atoms with Crippen LogP contribution in [0.25, 0.3) is 168 Å². The highest BCUT2D eigenvalue weighted by atomic mass is 15.3. The SMILES string of the molecule is c1ccc(-c2nc(-c3ccccc3)nc(-c3cccc(-c4cccc(N5c6ccccc6-c6ccc7ccccc7c6-n6c5cc5ccccc56)c4)c3)n2)cc1.c1ccc(-c2nc(-c3ccccc3)nc(-c3cccc(-c4cccc(N5c6ccccc6-c6ccccc6-n6c5cc5c7ccccc7ccc56)c4)c3)n2)cc1. The van der Waals surface area contributed by atoms with E-state index in [1.807, 2.05) is 121 Å². The standard InChI is InChI=1S/2C51H33N5/c1-3-16-35(17-4-1)49-52-50(36-18-5-2-6-19-36)54-51(53-49)40-23-13-21-37(31-40)38-22-14-24-41(32-38)55-46-28-12-10-26-43(46)44-30-29-34-15-7-9-25-42(34)48(44)56-45-27-11-8-20-39(45)33-47(55)56;1-3-16-35(17-4-1)49-52-50(36-18-5-2-6-19-36)54-51(53-49)39-22-13-20-37(31-39)38-21-14-23-40(32-38)55-45-27-11-9-25-42(45)43-26-10-12-28-46(43)56-47-30-29-34-15-7-8-24-41(34)44(47)33-48(55)56/h2*1-33H. The van der Waals surface area contributed by atoms with Crippen LogP contribution in [-0.2, 0) is 0 Å². The van der Waals surface area contributed by atoms with Crippen LogP contribution >= 0.6 is 0 Å². The fraction of sp³-hybridized carbons (Fsp3) is 0. The van der Waals surface area contributed by atoms with Gasteiger partial charge in [-0.25, -0.2) is 29.9 Å². The van der Waals surface area contributed by atoms with E-state index in [2.05, 4.69) is 298 Å². The fourth-order valence-electron chi connectivity index (χ4n) is 16.3. The van der Waals surface area contributed by atoms with Crippen LogP contribution in [-0.4, -0.2) is 39.0 Å². The summed E-state index contributed by atoms with van der Waals surface area (Å²) in [5.74, 6) is 6.02. The van der Waals surface area contributed by atoms with E-state index < -0.39 is 0 Å². The molecule has 0 spiro atoms. The maximum atomic E-state index is 5.01. The van der Waals surface area contributed by atoms with Gasteiger partial charge in [0, 0.05) is 83.2 Å². The van der Waals surface area contributed by atoms with Crippen LogP contribution in [0.3, 0.4) is 0 Å². The molecule has 16 aromatic carbocycles. The summed E-state index contributed by atoms with van der Waals surface area (Å²) in [7, 11) is 0. The van der Waals surface area contributed by atoms with E-state index in [-0.39, 0.29) is 0 Å². The highest BCUT2D eigenvalue weighted by Crippen LogP contribution is 2.53. The normalized spacial score (nSPS) is 11.9. The molecule has 0 fully saturated rings. The summed E-state index contributed by atoms with van der Waals surface area (Å²) in [6, 6.07) is 141. The molecule has 0 amide bonds. The van der Waals surface area contributed by atoms with Gasteiger partial charge in [0.25, 0.3) is 0 Å². The minimum absolute atomic E-state index is 0.631. The molecule has 0 saturated heterocycles. The first-order valence-electron chi connectivity index (χ1n) is 37.7. The van der Waals surface area contributed by atoms with Gasteiger partial charge < -0.3 is 0 Å². The molecule has 524 valence electrons. The predicted molar refractivity (Wildman–Crippen MR) is 459 cm³/mol. The lowest BCUT2D eigenvalue weighted by Crippen LogP contribution is -2.13. The highest BCUT2D eigenvalue weighted by Gasteiger charge is 2.32. The highest BCUT2D eigenvalue weighted by molar-refractivity contribution is 6.12. The van der Waals surface area contributed by atoms with Crippen molar-refractivity contribution in [1.82, 2.24) is 39.0 Å². The van der Waals surface area contributed by atoms with E-state index in [1.165, 1.54) is 71.3 Å². The second kappa shape index (κ2) is 27.5. The first-order chi connectivity index (χ1) is 55.5. The Kier molecular flexibility index (Phi) is 16.0. The van der Waals surface area contributed by atoms with Crippen molar-refractivity contribution in [2.24, 2.45) is 0 Å². The molecule has 0 atom stereocenters. The molecule has 0 saturated carbocycles. The summed E-state index contributed by atoms with van der Waals surface area (Å²) in [6.45, 7) is 0. The Labute approximate surface area is 647 Å². The molecule has 20 aromatic rings. The maximum absolute atomic E-state index is 5.01. The Morgan fingerprint density at radius 1 is 0.179 bits per heavy atom. The summed E-state index contributed by atoms with van der Waals surface area (Å²) in [6.07, 6.45) is 0. The van der Waals surface area contributed by atoms with Crippen molar-refractivity contribution in [3.8, 4) is 124 Å². The van der Waals surface area contributed by atoms with Crippen LogP contribution in [0.5, 0.6) is 0 Å². The zero-order valence-corrected chi connectivity index (χ0v) is 60.6. The molecule has 0 N–H and O–H groups in total. The third-order valence-corrected chi connectivity index (χ3v) is 21.5. The Hall–Kier alpha value is -15.3. The molecule has 0 aliphatic carbocycles. The molecule has 0 unspecified atom stereocenters. The van der Waals surface area contributed by atoms with Gasteiger partial charge in [-0.05, 0) is 117 Å². The molecular weight excluding hydrogens is 1370 g/mol. The number of nitrogens with zero attached hydrogens (tertiary/aromatic N) is 10. The maximum Gasteiger partial charge on any atom is 0.164 e. The first kappa shape index (κ1) is 65.1. The van der Waals surface area contributed by atoms with Crippen LogP contribution < -0.4 is 9.80 Å². The van der Waals surface area contributed by atoms with Crippen molar-refractivity contribution < 1.29 is 0 Å². The number of aromatic nitrogens is 8. The topological polar surface area (TPSA) is 93.7 Å². The monoisotopic (exact) mass is 1430 g/mol. The van der Waals surface area contributed by atoms with Gasteiger partial charge in [-0.1, -0.05) is 322 Å². The number of fused-ring (bicyclic) bond motifs is 18. The van der Waals surface area contributed by atoms with Crippen LogP contribution in [0.1, 0.15) is 0 Å². The molecule has 2 aliphatic rings. The van der Waals surface area contributed by atoms with E-state index in [9.17, 15) is 0 Å². The third kappa shape index (κ3) is 11.5. The quantitative estimate of drug-likeness (QED) is 0.134. The molecule has 0 radical (unpaired) electrons. The van der Waals surface area contributed by atoms with Gasteiger partial charge in [0.1, 0.15) is 11.6 Å². The van der Waals surface area contributed by atoms with Crippen molar-refractivity contribution >= 4 is 77.7 Å². The van der Waals surface area contributed by atoms with Crippen molar-refractivity contribution in [2.75, 3.05) is 9.80 Å². The summed E-state index contributed by atoms with van der Waals surface area (Å²) in [5.41, 5.74) is 23.8. The van der Waals surface area contributed by atoms with Gasteiger partial charge in [0.2, 0.25) is 0 Å². The second-order valence-electron chi connectivity index (χ2n) is 28.2. The van der Waals surface area contributed by atoms with E-state index in [0.29, 0.717) is 34.9 Å². The fourth-order valence-corrected chi connectivity index (χ4v) is 16.3. The van der Waals surface area contributed by atoms with E-state index in [1.54, 1.807) is 0 Å². The molecule has 22 rings (SSSR count). The Morgan fingerprint density at radius 3 is 1.04 bits per heavy atom. The third-order valence-electron chi connectivity index (χ3n) is 21.5. The van der Waals surface area contributed by atoms with Crippen molar-refractivity contribution in [3.05, 3.63) is 400 Å². The molecule has 10 heteroatoms.